The lowest BCUT2D eigenvalue weighted by molar-refractivity contribution is -0.147. The molecule has 1 atom stereocenters. The number of rotatable bonds is 15. The SMILES string of the molecule is CCCC(C)(C)CCCCCC(O)CCCCCC(C)(C)C(=O)O. The second-order valence-corrected chi connectivity index (χ2v) is 8.96. The highest BCUT2D eigenvalue weighted by Gasteiger charge is 2.25. The van der Waals surface area contributed by atoms with Gasteiger partial charge in [-0.2, -0.15) is 0 Å². The Labute approximate surface area is 150 Å². The molecule has 0 amide bonds. The molecule has 1 unspecified atom stereocenters. The van der Waals surface area contributed by atoms with E-state index in [2.05, 4.69) is 20.8 Å². The molecule has 24 heavy (non-hydrogen) atoms. The van der Waals surface area contributed by atoms with E-state index in [1.165, 1.54) is 32.1 Å². The Morgan fingerprint density at radius 2 is 1.33 bits per heavy atom. The lowest BCUT2D eigenvalue weighted by Crippen LogP contribution is -2.23. The first-order valence-electron chi connectivity index (χ1n) is 10.0. The van der Waals surface area contributed by atoms with E-state index in [1.807, 2.05) is 0 Å². The zero-order valence-electron chi connectivity index (χ0n) is 16.9. The predicted molar refractivity (Wildman–Crippen MR) is 102 cm³/mol. The van der Waals surface area contributed by atoms with Crippen molar-refractivity contribution in [2.45, 2.75) is 118 Å². The third-order valence-corrected chi connectivity index (χ3v) is 5.24. The van der Waals surface area contributed by atoms with Crippen LogP contribution in [0.25, 0.3) is 0 Å². The minimum absolute atomic E-state index is 0.180. The van der Waals surface area contributed by atoms with Gasteiger partial charge in [-0.05, 0) is 51.4 Å². The van der Waals surface area contributed by atoms with Gasteiger partial charge < -0.3 is 10.2 Å². The molecule has 0 saturated heterocycles. The van der Waals surface area contributed by atoms with Crippen LogP contribution in [-0.2, 0) is 4.79 Å². The second-order valence-electron chi connectivity index (χ2n) is 8.96. The van der Waals surface area contributed by atoms with Gasteiger partial charge in [-0.1, -0.05) is 65.7 Å². The van der Waals surface area contributed by atoms with Crippen molar-refractivity contribution in [2.24, 2.45) is 10.8 Å². The predicted octanol–water partition coefficient (Wildman–Crippen LogP) is 6.19. The molecule has 0 fully saturated rings. The quantitative estimate of drug-likeness (QED) is 0.349. The zero-order chi connectivity index (χ0) is 18.6. The third-order valence-electron chi connectivity index (χ3n) is 5.24. The van der Waals surface area contributed by atoms with Crippen molar-refractivity contribution in [1.82, 2.24) is 0 Å². The Morgan fingerprint density at radius 1 is 0.833 bits per heavy atom. The molecular formula is C21H42O3. The van der Waals surface area contributed by atoms with Crippen molar-refractivity contribution < 1.29 is 15.0 Å². The van der Waals surface area contributed by atoms with Crippen molar-refractivity contribution in [2.75, 3.05) is 0 Å². The summed E-state index contributed by atoms with van der Waals surface area (Å²) in [5, 5.41) is 19.1. The molecule has 0 saturated carbocycles. The number of aliphatic hydroxyl groups is 1. The minimum Gasteiger partial charge on any atom is -0.481 e. The van der Waals surface area contributed by atoms with Crippen molar-refractivity contribution in [3.05, 3.63) is 0 Å². The van der Waals surface area contributed by atoms with Gasteiger partial charge in [0.2, 0.25) is 0 Å². The van der Waals surface area contributed by atoms with E-state index in [0.29, 0.717) is 11.8 Å². The largest absolute Gasteiger partial charge is 0.481 e. The third kappa shape index (κ3) is 11.9. The van der Waals surface area contributed by atoms with Gasteiger partial charge in [0.05, 0.1) is 11.5 Å². The van der Waals surface area contributed by atoms with Crippen LogP contribution in [0.15, 0.2) is 0 Å². The highest BCUT2D eigenvalue weighted by molar-refractivity contribution is 5.73. The van der Waals surface area contributed by atoms with Crippen LogP contribution < -0.4 is 0 Å². The number of carboxylic acid groups (broad SMARTS) is 1. The maximum absolute atomic E-state index is 11.0. The highest BCUT2D eigenvalue weighted by Crippen LogP contribution is 2.29. The standard InChI is InChI=1S/C21H42O3/c1-6-15-20(2,3)16-11-7-9-13-18(22)14-10-8-12-17-21(4,5)19(23)24/h18,22H,6-17H2,1-5H3,(H,23,24). The summed E-state index contributed by atoms with van der Waals surface area (Å²) in [6.07, 6.45) is 12.7. The summed E-state index contributed by atoms with van der Waals surface area (Å²) in [7, 11) is 0. The summed E-state index contributed by atoms with van der Waals surface area (Å²) in [6, 6.07) is 0. The molecule has 0 radical (unpaired) electrons. The lowest BCUT2D eigenvalue weighted by atomic mass is 9.82. The number of aliphatic hydroxyl groups excluding tert-OH is 1. The molecule has 0 spiro atoms. The molecule has 3 heteroatoms. The van der Waals surface area contributed by atoms with Gasteiger partial charge in [-0.15, -0.1) is 0 Å². The van der Waals surface area contributed by atoms with Gasteiger partial charge in [-0.25, -0.2) is 0 Å². The van der Waals surface area contributed by atoms with Gasteiger partial charge in [-0.3, -0.25) is 4.79 Å². The van der Waals surface area contributed by atoms with Crippen LogP contribution in [0.4, 0.5) is 0 Å². The van der Waals surface area contributed by atoms with Gasteiger partial charge in [0.1, 0.15) is 0 Å². The molecule has 0 aromatic heterocycles. The average Bonchev–Trinajstić information content (AvgIpc) is 2.46. The maximum atomic E-state index is 11.0. The molecule has 144 valence electrons. The fourth-order valence-corrected chi connectivity index (χ4v) is 3.34. The molecule has 0 rings (SSSR count). The van der Waals surface area contributed by atoms with Crippen molar-refractivity contribution in [3.8, 4) is 0 Å². The fourth-order valence-electron chi connectivity index (χ4n) is 3.34. The van der Waals surface area contributed by atoms with E-state index in [1.54, 1.807) is 13.8 Å². The summed E-state index contributed by atoms with van der Waals surface area (Å²) < 4.78 is 0. The number of aliphatic carboxylic acids is 1. The minimum atomic E-state index is -0.718. The first-order chi connectivity index (χ1) is 11.1. The highest BCUT2D eigenvalue weighted by atomic mass is 16.4. The van der Waals surface area contributed by atoms with Gasteiger partial charge in [0, 0.05) is 0 Å². The summed E-state index contributed by atoms with van der Waals surface area (Å²) in [5.41, 5.74) is -0.152. The number of carboxylic acids is 1. The lowest BCUT2D eigenvalue weighted by Gasteiger charge is -2.23. The van der Waals surface area contributed by atoms with Gasteiger partial charge in [0.15, 0.2) is 0 Å². The smallest absolute Gasteiger partial charge is 0.309 e. The molecule has 0 bridgehead atoms. The maximum Gasteiger partial charge on any atom is 0.309 e. The van der Waals surface area contributed by atoms with Gasteiger partial charge >= 0.3 is 5.97 Å². The molecule has 3 nitrogen and oxygen atoms in total. The van der Waals surface area contributed by atoms with E-state index in [4.69, 9.17) is 5.11 Å². The van der Waals surface area contributed by atoms with E-state index in [-0.39, 0.29) is 6.10 Å². The summed E-state index contributed by atoms with van der Waals surface area (Å²) in [5.74, 6) is -0.718. The Bertz CT molecular complexity index is 334. The number of unbranched alkanes of at least 4 members (excludes halogenated alkanes) is 4. The van der Waals surface area contributed by atoms with Crippen LogP contribution >= 0.6 is 0 Å². The van der Waals surface area contributed by atoms with Gasteiger partial charge in [0.25, 0.3) is 0 Å². The zero-order valence-corrected chi connectivity index (χ0v) is 16.9. The van der Waals surface area contributed by atoms with Crippen molar-refractivity contribution in [1.29, 1.82) is 0 Å². The summed E-state index contributed by atoms with van der Waals surface area (Å²) in [4.78, 5) is 11.0. The van der Waals surface area contributed by atoms with Crippen LogP contribution in [-0.4, -0.2) is 22.3 Å². The summed E-state index contributed by atoms with van der Waals surface area (Å²) >= 11 is 0. The van der Waals surface area contributed by atoms with Crippen LogP contribution in [0.2, 0.25) is 0 Å². The van der Waals surface area contributed by atoms with E-state index in [0.717, 1.165) is 38.5 Å². The number of hydrogen-bond acceptors (Lipinski definition) is 2. The monoisotopic (exact) mass is 342 g/mol. The fraction of sp³-hybridized carbons (Fsp3) is 0.952. The van der Waals surface area contributed by atoms with E-state index >= 15 is 0 Å². The van der Waals surface area contributed by atoms with Crippen LogP contribution in [0, 0.1) is 10.8 Å². The molecule has 0 aliphatic rings. The molecule has 0 heterocycles. The Kier molecular flexibility index (Phi) is 11.6. The Balaban J connectivity index is 3.57. The molecule has 0 aliphatic heterocycles. The van der Waals surface area contributed by atoms with Crippen molar-refractivity contribution >= 4 is 5.97 Å². The molecule has 0 aliphatic carbocycles. The normalized spacial score (nSPS) is 13.9. The van der Waals surface area contributed by atoms with Crippen LogP contribution in [0.3, 0.4) is 0 Å². The molecular weight excluding hydrogens is 300 g/mol. The number of carbonyl (C=O) groups is 1. The second kappa shape index (κ2) is 11.9. The molecule has 2 N–H and O–H groups in total. The Morgan fingerprint density at radius 3 is 1.79 bits per heavy atom. The molecule has 0 aromatic carbocycles. The first-order valence-corrected chi connectivity index (χ1v) is 10.0. The Hall–Kier alpha value is -0.570. The summed E-state index contributed by atoms with van der Waals surface area (Å²) in [6.45, 7) is 10.5. The number of hydrogen-bond donors (Lipinski definition) is 2. The van der Waals surface area contributed by atoms with Crippen molar-refractivity contribution in [3.63, 3.8) is 0 Å². The van der Waals surface area contributed by atoms with E-state index in [9.17, 15) is 9.90 Å². The van der Waals surface area contributed by atoms with Crippen LogP contribution in [0.5, 0.6) is 0 Å². The first kappa shape index (κ1) is 23.4. The molecule has 0 aromatic rings. The van der Waals surface area contributed by atoms with Crippen LogP contribution in [0.1, 0.15) is 112 Å². The topological polar surface area (TPSA) is 57.5 Å². The average molecular weight is 343 g/mol. The van der Waals surface area contributed by atoms with E-state index < -0.39 is 11.4 Å².